The van der Waals surface area contributed by atoms with Crippen LogP contribution in [0.1, 0.15) is 40.5 Å². The van der Waals surface area contributed by atoms with Gasteiger partial charge in [0.05, 0.1) is 0 Å². The van der Waals surface area contributed by atoms with Gasteiger partial charge in [0.2, 0.25) is 0 Å². The fourth-order valence-electron chi connectivity index (χ4n) is 1.51. The average molecular weight is 250 g/mol. The van der Waals surface area contributed by atoms with Crippen molar-refractivity contribution in [2.24, 2.45) is 5.41 Å². The smallest absolute Gasteiger partial charge is 0.00949 e. The maximum absolute atomic E-state index is 3.56. The van der Waals surface area contributed by atoms with Crippen LogP contribution in [0.5, 0.6) is 0 Å². The van der Waals surface area contributed by atoms with Crippen molar-refractivity contribution >= 4 is 15.9 Å². The Labute approximate surface area is 92.0 Å². The Bertz CT molecular complexity index is 134. The molecule has 0 aliphatic carbocycles. The van der Waals surface area contributed by atoms with Crippen LogP contribution in [0.25, 0.3) is 0 Å². The summed E-state index contributed by atoms with van der Waals surface area (Å²) in [4.78, 5) is 2.46. The molecule has 0 radical (unpaired) electrons. The van der Waals surface area contributed by atoms with E-state index in [0.717, 1.165) is 5.33 Å². The van der Waals surface area contributed by atoms with Crippen LogP contribution in [-0.4, -0.2) is 29.9 Å². The lowest BCUT2D eigenvalue weighted by Gasteiger charge is -2.32. The molecule has 0 saturated heterocycles. The molecule has 0 saturated carbocycles. The molecule has 0 aromatic rings. The molecule has 0 amide bonds. The summed E-state index contributed by atoms with van der Waals surface area (Å²) >= 11 is 3.56. The molecule has 0 fully saturated rings. The van der Waals surface area contributed by atoms with E-state index < -0.39 is 0 Å². The van der Waals surface area contributed by atoms with Gasteiger partial charge >= 0.3 is 0 Å². The number of halogens is 1. The van der Waals surface area contributed by atoms with Crippen molar-refractivity contribution in [3.05, 3.63) is 0 Å². The molecule has 0 spiro atoms. The van der Waals surface area contributed by atoms with Gasteiger partial charge in [0.1, 0.15) is 0 Å². The summed E-state index contributed by atoms with van der Waals surface area (Å²) in [5.74, 6) is 0. The third-order valence-electron chi connectivity index (χ3n) is 2.50. The standard InChI is InChI=1S/C11H24BrN/c1-6-7-10(2)13(5)9-11(3,4)8-12/h10H,6-9H2,1-5H3. The molecule has 0 rings (SSSR count). The second-order valence-corrected chi connectivity index (χ2v) is 5.41. The molecule has 0 N–H and O–H groups in total. The highest BCUT2D eigenvalue weighted by atomic mass is 79.9. The zero-order valence-corrected chi connectivity index (χ0v) is 11.3. The molecule has 0 aromatic carbocycles. The monoisotopic (exact) mass is 249 g/mol. The van der Waals surface area contributed by atoms with Crippen molar-refractivity contribution < 1.29 is 0 Å². The summed E-state index contributed by atoms with van der Waals surface area (Å²) < 4.78 is 0. The van der Waals surface area contributed by atoms with Gasteiger partial charge in [0.15, 0.2) is 0 Å². The minimum Gasteiger partial charge on any atom is -0.303 e. The molecule has 13 heavy (non-hydrogen) atoms. The maximum atomic E-state index is 3.56. The van der Waals surface area contributed by atoms with Gasteiger partial charge in [-0.05, 0) is 25.8 Å². The van der Waals surface area contributed by atoms with Crippen LogP contribution < -0.4 is 0 Å². The Morgan fingerprint density at radius 2 is 1.92 bits per heavy atom. The molecule has 1 nitrogen and oxygen atoms in total. The fraction of sp³-hybridized carbons (Fsp3) is 1.00. The third-order valence-corrected chi connectivity index (χ3v) is 4.02. The largest absolute Gasteiger partial charge is 0.303 e. The van der Waals surface area contributed by atoms with Gasteiger partial charge in [0, 0.05) is 17.9 Å². The first-order valence-corrected chi connectivity index (χ1v) is 6.31. The minimum atomic E-state index is 0.386. The number of rotatable bonds is 6. The molecule has 1 atom stereocenters. The molecule has 0 aromatic heterocycles. The summed E-state index contributed by atoms with van der Waals surface area (Å²) in [5, 5.41) is 1.07. The lowest BCUT2D eigenvalue weighted by atomic mass is 9.95. The molecule has 80 valence electrons. The van der Waals surface area contributed by atoms with E-state index in [4.69, 9.17) is 0 Å². The van der Waals surface area contributed by atoms with Gasteiger partial charge < -0.3 is 4.90 Å². The predicted molar refractivity (Wildman–Crippen MR) is 64.6 cm³/mol. The van der Waals surface area contributed by atoms with Gasteiger partial charge in [-0.25, -0.2) is 0 Å². The van der Waals surface area contributed by atoms with E-state index in [1.807, 2.05) is 0 Å². The van der Waals surface area contributed by atoms with Crippen LogP contribution >= 0.6 is 15.9 Å². The SMILES string of the molecule is CCCC(C)N(C)CC(C)(C)CBr. The lowest BCUT2D eigenvalue weighted by molar-refractivity contribution is 0.177. The van der Waals surface area contributed by atoms with Crippen LogP contribution in [-0.2, 0) is 0 Å². The van der Waals surface area contributed by atoms with Gasteiger partial charge in [-0.3, -0.25) is 0 Å². The Morgan fingerprint density at radius 1 is 1.38 bits per heavy atom. The van der Waals surface area contributed by atoms with E-state index in [-0.39, 0.29) is 0 Å². The van der Waals surface area contributed by atoms with E-state index in [1.165, 1.54) is 19.4 Å². The number of nitrogens with zero attached hydrogens (tertiary/aromatic N) is 1. The second kappa shape index (κ2) is 6.02. The van der Waals surface area contributed by atoms with E-state index in [2.05, 4.69) is 55.6 Å². The van der Waals surface area contributed by atoms with Gasteiger partial charge in [-0.1, -0.05) is 43.1 Å². The van der Waals surface area contributed by atoms with E-state index in [1.54, 1.807) is 0 Å². The Balaban J connectivity index is 3.91. The van der Waals surface area contributed by atoms with Crippen LogP contribution in [0.3, 0.4) is 0 Å². The van der Waals surface area contributed by atoms with Crippen LogP contribution in [0.4, 0.5) is 0 Å². The van der Waals surface area contributed by atoms with Gasteiger partial charge in [-0.2, -0.15) is 0 Å². The predicted octanol–water partition coefficient (Wildman–Crippen LogP) is 3.53. The summed E-state index contributed by atoms with van der Waals surface area (Å²) in [7, 11) is 2.23. The van der Waals surface area contributed by atoms with Crippen LogP contribution in [0, 0.1) is 5.41 Å². The second-order valence-electron chi connectivity index (χ2n) is 4.85. The molecular formula is C11H24BrN. The lowest BCUT2D eigenvalue weighted by Crippen LogP contribution is -2.38. The maximum Gasteiger partial charge on any atom is 0.00949 e. The molecule has 0 heterocycles. The zero-order chi connectivity index (χ0) is 10.5. The summed E-state index contributed by atoms with van der Waals surface area (Å²) in [6.45, 7) is 10.3. The minimum absolute atomic E-state index is 0.386. The summed E-state index contributed by atoms with van der Waals surface area (Å²) in [6.07, 6.45) is 2.58. The quantitative estimate of drug-likeness (QED) is 0.652. The van der Waals surface area contributed by atoms with Crippen molar-refractivity contribution in [3.8, 4) is 0 Å². The molecule has 0 aliphatic heterocycles. The van der Waals surface area contributed by atoms with Crippen molar-refractivity contribution in [1.29, 1.82) is 0 Å². The van der Waals surface area contributed by atoms with Gasteiger partial charge in [0.25, 0.3) is 0 Å². The Morgan fingerprint density at radius 3 is 2.31 bits per heavy atom. The molecule has 2 heteroatoms. The van der Waals surface area contributed by atoms with E-state index in [9.17, 15) is 0 Å². The molecule has 0 bridgehead atoms. The average Bonchev–Trinajstić information content (AvgIpc) is 2.04. The topological polar surface area (TPSA) is 3.24 Å². The first-order chi connectivity index (χ1) is 5.93. The highest BCUT2D eigenvalue weighted by Crippen LogP contribution is 2.20. The number of hydrogen-bond acceptors (Lipinski definition) is 1. The molecule has 1 unspecified atom stereocenters. The fourth-order valence-corrected chi connectivity index (χ4v) is 1.69. The summed E-state index contributed by atoms with van der Waals surface area (Å²) in [5.41, 5.74) is 0.386. The van der Waals surface area contributed by atoms with Crippen LogP contribution in [0.15, 0.2) is 0 Å². The number of hydrogen-bond donors (Lipinski definition) is 0. The highest BCUT2D eigenvalue weighted by molar-refractivity contribution is 9.09. The van der Waals surface area contributed by atoms with E-state index >= 15 is 0 Å². The first-order valence-electron chi connectivity index (χ1n) is 5.19. The summed E-state index contributed by atoms with van der Waals surface area (Å²) in [6, 6.07) is 0.711. The van der Waals surface area contributed by atoms with Crippen molar-refractivity contribution in [2.45, 2.75) is 46.6 Å². The third kappa shape index (κ3) is 5.69. The zero-order valence-electron chi connectivity index (χ0n) is 9.73. The van der Waals surface area contributed by atoms with Crippen molar-refractivity contribution in [3.63, 3.8) is 0 Å². The normalized spacial score (nSPS) is 15.0. The van der Waals surface area contributed by atoms with Gasteiger partial charge in [-0.15, -0.1) is 0 Å². The van der Waals surface area contributed by atoms with Crippen LogP contribution in [0.2, 0.25) is 0 Å². The van der Waals surface area contributed by atoms with Crippen molar-refractivity contribution in [2.75, 3.05) is 18.9 Å². The Kier molecular flexibility index (Phi) is 6.23. The molecule has 0 aliphatic rings. The van der Waals surface area contributed by atoms with E-state index in [0.29, 0.717) is 11.5 Å². The van der Waals surface area contributed by atoms with Crippen molar-refractivity contribution in [1.82, 2.24) is 4.90 Å². The number of alkyl halides is 1. The Hall–Kier alpha value is 0.440. The highest BCUT2D eigenvalue weighted by Gasteiger charge is 2.20. The first kappa shape index (κ1) is 13.4. The molecular weight excluding hydrogens is 226 g/mol.